The number of pyridine rings is 1. The predicted molar refractivity (Wildman–Crippen MR) is 46.2 cm³/mol. The standard InChI is InChI=1S/C10H10NO/c1-10(2,12)7-6-9-5-3-4-8-11-9/h3-5,12H,1-2H3. The number of rotatable bonds is 0. The molecule has 0 bridgehead atoms. The minimum atomic E-state index is -0.961. The number of nitrogens with zero attached hydrogens (tertiary/aromatic N) is 1. The number of aromatic nitrogens is 1. The first-order chi connectivity index (χ1) is 5.58. The Bertz CT molecular complexity index is 300. The lowest BCUT2D eigenvalue weighted by molar-refractivity contribution is 0.143. The van der Waals surface area contributed by atoms with Gasteiger partial charge in [-0.2, -0.15) is 0 Å². The van der Waals surface area contributed by atoms with Gasteiger partial charge in [-0.3, -0.25) is 0 Å². The van der Waals surface area contributed by atoms with Gasteiger partial charge in [-0.25, -0.2) is 4.98 Å². The normalized spacial score (nSPS) is 10.2. The second-order valence-corrected chi connectivity index (χ2v) is 2.96. The van der Waals surface area contributed by atoms with Crippen LogP contribution < -0.4 is 0 Å². The first-order valence-electron chi connectivity index (χ1n) is 3.66. The van der Waals surface area contributed by atoms with Gasteiger partial charge in [0.05, 0.1) is 6.20 Å². The number of hydrogen-bond acceptors (Lipinski definition) is 2. The molecule has 2 heteroatoms. The lowest BCUT2D eigenvalue weighted by atomic mass is 10.1. The van der Waals surface area contributed by atoms with Gasteiger partial charge in [0.1, 0.15) is 11.3 Å². The van der Waals surface area contributed by atoms with Crippen molar-refractivity contribution in [2.45, 2.75) is 19.4 Å². The van der Waals surface area contributed by atoms with Crippen molar-refractivity contribution in [1.82, 2.24) is 4.98 Å². The Labute approximate surface area is 72.3 Å². The second kappa shape index (κ2) is 3.38. The van der Waals surface area contributed by atoms with Crippen LogP contribution in [0.25, 0.3) is 0 Å². The van der Waals surface area contributed by atoms with E-state index in [0.29, 0.717) is 5.69 Å². The van der Waals surface area contributed by atoms with Crippen molar-refractivity contribution in [3.8, 4) is 11.8 Å². The molecule has 1 N–H and O–H groups in total. The Hall–Kier alpha value is -1.33. The van der Waals surface area contributed by atoms with E-state index in [4.69, 9.17) is 0 Å². The average molecular weight is 160 g/mol. The van der Waals surface area contributed by atoms with Crippen LogP contribution in [0.2, 0.25) is 0 Å². The van der Waals surface area contributed by atoms with Crippen molar-refractivity contribution in [1.29, 1.82) is 0 Å². The number of aliphatic hydroxyl groups is 1. The average Bonchev–Trinajstić information content (AvgIpc) is 2.02. The van der Waals surface area contributed by atoms with Gasteiger partial charge in [-0.15, -0.1) is 0 Å². The Morgan fingerprint density at radius 3 is 2.83 bits per heavy atom. The lowest BCUT2D eigenvalue weighted by Crippen LogP contribution is -2.14. The Morgan fingerprint density at radius 2 is 2.33 bits per heavy atom. The maximum Gasteiger partial charge on any atom is 0.120 e. The third kappa shape index (κ3) is 3.18. The first kappa shape index (κ1) is 8.76. The summed E-state index contributed by atoms with van der Waals surface area (Å²) in [6.45, 7) is 3.26. The van der Waals surface area contributed by atoms with E-state index in [1.54, 1.807) is 32.0 Å². The molecule has 1 aromatic heterocycles. The highest BCUT2D eigenvalue weighted by atomic mass is 16.3. The molecule has 12 heavy (non-hydrogen) atoms. The quantitative estimate of drug-likeness (QED) is 0.574. The van der Waals surface area contributed by atoms with Crippen LogP contribution in [0.5, 0.6) is 0 Å². The van der Waals surface area contributed by atoms with Crippen molar-refractivity contribution in [2.24, 2.45) is 0 Å². The van der Waals surface area contributed by atoms with Gasteiger partial charge in [0.2, 0.25) is 0 Å². The fourth-order valence-corrected chi connectivity index (χ4v) is 0.613. The van der Waals surface area contributed by atoms with Crippen molar-refractivity contribution < 1.29 is 5.11 Å². The summed E-state index contributed by atoms with van der Waals surface area (Å²) in [7, 11) is 0. The summed E-state index contributed by atoms with van der Waals surface area (Å²) in [4.78, 5) is 3.87. The number of hydrogen-bond donors (Lipinski definition) is 1. The molecular formula is C10H10NO. The van der Waals surface area contributed by atoms with Gasteiger partial charge in [0, 0.05) is 0 Å². The molecule has 0 spiro atoms. The van der Waals surface area contributed by atoms with Crippen molar-refractivity contribution in [3.05, 3.63) is 30.1 Å². The topological polar surface area (TPSA) is 33.1 Å². The van der Waals surface area contributed by atoms with Gasteiger partial charge < -0.3 is 5.11 Å². The Balaban J connectivity index is 2.81. The summed E-state index contributed by atoms with van der Waals surface area (Å²) in [5, 5.41) is 9.27. The second-order valence-electron chi connectivity index (χ2n) is 2.96. The predicted octanol–water partition coefficient (Wildman–Crippen LogP) is 1.00. The highest BCUT2D eigenvalue weighted by Gasteiger charge is 2.05. The summed E-state index contributed by atoms with van der Waals surface area (Å²) >= 11 is 0. The molecule has 0 aliphatic heterocycles. The van der Waals surface area contributed by atoms with Gasteiger partial charge in [-0.05, 0) is 31.9 Å². The first-order valence-corrected chi connectivity index (χ1v) is 3.66. The van der Waals surface area contributed by atoms with E-state index in [1.807, 2.05) is 0 Å². The molecular weight excluding hydrogens is 150 g/mol. The molecule has 2 nitrogen and oxygen atoms in total. The van der Waals surface area contributed by atoms with E-state index in [-0.39, 0.29) is 0 Å². The Morgan fingerprint density at radius 1 is 1.58 bits per heavy atom. The highest BCUT2D eigenvalue weighted by Crippen LogP contribution is 1.98. The fraction of sp³-hybridized carbons (Fsp3) is 0.300. The van der Waals surface area contributed by atoms with Crippen LogP contribution in [-0.2, 0) is 0 Å². The van der Waals surface area contributed by atoms with Crippen LogP contribution in [0, 0.1) is 18.0 Å². The van der Waals surface area contributed by atoms with Crippen LogP contribution in [-0.4, -0.2) is 15.7 Å². The summed E-state index contributed by atoms with van der Waals surface area (Å²) in [6, 6.07) is 5.28. The van der Waals surface area contributed by atoms with E-state index in [0.717, 1.165) is 0 Å². The Kier molecular flexibility index (Phi) is 2.47. The molecule has 0 atom stereocenters. The fourth-order valence-electron chi connectivity index (χ4n) is 0.613. The van der Waals surface area contributed by atoms with Crippen LogP contribution in [0.4, 0.5) is 0 Å². The SMILES string of the molecule is CC(C)(O)C#Cc1ccc[c]n1. The van der Waals surface area contributed by atoms with E-state index in [9.17, 15) is 5.11 Å². The summed E-state index contributed by atoms with van der Waals surface area (Å²) in [5.74, 6) is 5.40. The highest BCUT2D eigenvalue weighted by molar-refractivity contribution is 5.29. The molecule has 1 aromatic rings. The molecule has 1 radical (unpaired) electrons. The molecule has 0 amide bonds. The molecule has 0 fully saturated rings. The van der Waals surface area contributed by atoms with Crippen molar-refractivity contribution >= 4 is 0 Å². The van der Waals surface area contributed by atoms with Crippen molar-refractivity contribution in [2.75, 3.05) is 0 Å². The molecule has 0 saturated heterocycles. The smallest absolute Gasteiger partial charge is 0.120 e. The van der Waals surface area contributed by atoms with E-state index in [2.05, 4.69) is 23.0 Å². The summed E-state index contributed by atoms with van der Waals surface area (Å²) in [6.07, 6.45) is 2.66. The van der Waals surface area contributed by atoms with Crippen LogP contribution in [0.1, 0.15) is 19.5 Å². The maximum atomic E-state index is 9.27. The third-order valence-corrected chi connectivity index (χ3v) is 1.11. The third-order valence-electron chi connectivity index (χ3n) is 1.11. The summed E-state index contributed by atoms with van der Waals surface area (Å²) in [5.41, 5.74) is -0.336. The largest absolute Gasteiger partial charge is 0.378 e. The molecule has 1 rings (SSSR count). The van der Waals surface area contributed by atoms with Gasteiger partial charge >= 0.3 is 0 Å². The molecule has 61 valence electrons. The molecule has 0 saturated carbocycles. The van der Waals surface area contributed by atoms with Crippen LogP contribution in [0.15, 0.2) is 18.2 Å². The van der Waals surface area contributed by atoms with Gasteiger partial charge in [0.15, 0.2) is 0 Å². The zero-order valence-electron chi connectivity index (χ0n) is 7.13. The van der Waals surface area contributed by atoms with Crippen LogP contribution >= 0.6 is 0 Å². The van der Waals surface area contributed by atoms with Gasteiger partial charge in [0.25, 0.3) is 0 Å². The monoisotopic (exact) mass is 160 g/mol. The van der Waals surface area contributed by atoms with Crippen LogP contribution in [0.3, 0.4) is 0 Å². The van der Waals surface area contributed by atoms with E-state index < -0.39 is 5.60 Å². The zero-order chi connectivity index (χ0) is 9.03. The minimum Gasteiger partial charge on any atom is -0.378 e. The molecule has 0 aromatic carbocycles. The summed E-state index contributed by atoms with van der Waals surface area (Å²) < 4.78 is 0. The van der Waals surface area contributed by atoms with Gasteiger partial charge in [-0.1, -0.05) is 12.0 Å². The van der Waals surface area contributed by atoms with E-state index >= 15 is 0 Å². The zero-order valence-corrected chi connectivity index (χ0v) is 7.13. The van der Waals surface area contributed by atoms with Crippen molar-refractivity contribution in [3.63, 3.8) is 0 Å². The minimum absolute atomic E-state index is 0.625. The molecule has 0 aliphatic rings. The molecule has 1 heterocycles. The molecule has 0 aliphatic carbocycles. The van der Waals surface area contributed by atoms with E-state index in [1.165, 1.54) is 0 Å². The maximum absolute atomic E-state index is 9.27. The lowest BCUT2D eigenvalue weighted by Gasteiger charge is -2.05. The molecule has 0 unspecified atom stereocenters.